The molecule has 0 atom stereocenters. The first-order valence-corrected chi connectivity index (χ1v) is 4.00. The fourth-order valence-electron chi connectivity index (χ4n) is 0.523. The van der Waals surface area contributed by atoms with Crippen molar-refractivity contribution >= 4 is 12.2 Å². The van der Waals surface area contributed by atoms with Crippen molar-refractivity contribution in [1.82, 2.24) is 10.6 Å². The second-order valence-corrected chi connectivity index (χ2v) is 1.66. The summed E-state index contributed by atoms with van der Waals surface area (Å²) in [5, 5.41) is 5.08. The van der Waals surface area contributed by atoms with Gasteiger partial charge in [-0.1, -0.05) is 27.0 Å². The summed E-state index contributed by atoms with van der Waals surface area (Å²) in [6, 6.07) is 0. The van der Waals surface area contributed by atoms with Crippen LogP contribution < -0.4 is 10.6 Å². The number of hydrogen-bond donors (Lipinski definition) is 2. The topological polar surface area (TPSA) is 53.5 Å². The van der Waals surface area contributed by atoms with Gasteiger partial charge in [0.2, 0.25) is 6.41 Å². The molecule has 0 aliphatic rings. The smallest absolute Gasteiger partial charge is 0.211 e. The molecule has 0 rings (SSSR count). The molecular formula is C9H17N3O. The van der Waals surface area contributed by atoms with Crippen molar-refractivity contribution in [3.05, 3.63) is 25.1 Å². The maximum Gasteiger partial charge on any atom is 0.211 e. The second kappa shape index (κ2) is 10.4. The number of aliphatic imine (C=N–C) groups is 1. The van der Waals surface area contributed by atoms with Crippen molar-refractivity contribution in [3.8, 4) is 0 Å². The molecule has 2 N–H and O–H groups in total. The predicted octanol–water partition coefficient (Wildman–Crippen LogP) is 1.03. The van der Waals surface area contributed by atoms with E-state index in [1.165, 1.54) is 6.20 Å². The van der Waals surface area contributed by atoms with E-state index >= 15 is 0 Å². The summed E-state index contributed by atoms with van der Waals surface area (Å²) in [6.07, 6.45) is 2.00. The number of nitrogens with one attached hydrogen (secondary N) is 2. The van der Waals surface area contributed by atoms with Gasteiger partial charge in [-0.25, -0.2) is 0 Å². The van der Waals surface area contributed by atoms with Crippen LogP contribution in [-0.4, -0.2) is 19.3 Å². The molecule has 4 heteroatoms. The van der Waals surface area contributed by atoms with Crippen LogP contribution in [0.5, 0.6) is 0 Å². The molecule has 0 saturated carbocycles. The fraction of sp³-hybridized carbons (Fsp3) is 0.333. The highest BCUT2D eigenvalue weighted by molar-refractivity contribution is 5.99. The molecule has 0 spiro atoms. The largest absolute Gasteiger partial charge is 0.346 e. The highest BCUT2D eigenvalue weighted by atomic mass is 16.1. The lowest BCUT2D eigenvalue weighted by Gasteiger charge is -2.05. The van der Waals surface area contributed by atoms with Crippen LogP contribution in [0.15, 0.2) is 30.0 Å². The van der Waals surface area contributed by atoms with Gasteiger partial charge in [0, 0.05) is 7.05 Å². The third kappa shape index (κ3) is 6.80. The Labute approximate surface area is 79.4 Å². The maximum atomic E-state index is 9.96. The van der Waals surface area contributed by atoms with E-state index in [1.807, 2.05) is 13.8 Å². The quantitative estimate of drug-likeness (QED) is 0.388. The minimum absolute atomic E-state index is 0.419. The van der Waals surface area contributed by atoms with Gasteiger partial charge in [0.15, 0.2) is 0 Å². The summed E-state index contributed by atoms with van der Waals surface area (Å²) >= 11 is 0. The van der Waals surface area contributed by atoms with Gasteiger partial charge in [-0.3, -0.25) is 9.79 Å². The molecule has 4 nitrogen and oxygen atoms in total. The Balaban J connectivity index is 0. The van der Waals surface area contributed by atoms with E-state index in [4.69, 9.17) is 0 Å². The Morgan fingerprint density at radius 2 is 1.92 bits per heavy atom. The van der Waals surface area contributed by atoms with E-state index in [-0.39, 0.29) is 0 Å². The maximum absolute atomic E-state index is 9.96. The van der Waals surface area contributed by atoms with Gasteiger partial charge >= 0.3 is 0 Å². The first-order valence-electron chi connectivity index (χ1n) is 4.00. The van der Waals surface area contributed by atoms with Crippen molar-refractivity contribution in [2.75, 3.05) is 7.05 Å². The Bertz CT molecular complexity index is 197. The minimum Gasteiger partial charge on any atom is -0.346 e. The summed E-state index contributed by atoms with van der Waals surface area (Å²) in [7, 11) is 1.59. The normalized spacial score (nSPS) is 9.00. The predicted molar refractivity (Wildman–Crippen MR) is 56.4 cm³/mol. The zero-order chi connectivity index (χ0) is 10.7. The van der Waals surface area contributed by atoms with Crippen molar-refractivity contribution in [2.24, 2.45) is 4.99 Å². The molecule has 0 heterocycles. The van der Waals surface area contributed by atoms with Gasteiger partial charge in [-0.05, 0) is 6.20 Å². The third-order valence-corrected chi connectivity index (χ3v) is 0.981. The first-order chi connectivity index (χ1) is 6.26. The Morgan fingerprint density at radius 3 is 2.23 bits per heavy atom. The van der Waals surface area contributed by atoms with Gasteiger partial charge in [0.25, 0.3) is 0 Å². The zero-order valence-corrected chi connectivity index (χ0v) is 8.42. The van der Waals surface area contributed by atoms with Crippen LogP contribution in [-0.2, 0) is 4.79 Å². The number of carbonyl (C=O) groups excluding carboxylic acids is 1. The molecule has 0 radical (unpaired) electrons. The van der Waals surface area contributed by atoms with E-state index in [2.05, 4.69) is 28.8 Å². The molecule has 74 valence electrons. The summed E-state index contributed by atoms with van der Waals surface area (Å²) < 4.78 is 0. The van der Waals surface area contributed by atoms with Gasteiger partial charge < -0.3 is 10.6 Å². The lowest BCUT2D eigenvalue weighted by Crippen LogP contribution is -2.27. The number of amidine groups is 1. The molecular weight excluding hydrogens is 166 g/mol. The monoisotopic (exact) mass is 183 g/mol. The Kier molecular flexibility index (Phi) is 11.2. The van der Waals surface area contributed by atoms with Crippen molar-refractivity contribution in [3.63, 3.8) is 0 Å². The lowest BCUT2D eigenvalue weighted by atomic mass is 10.4. The molecule has 0 saturated heterocycles. The molecule has 0 aromatic heterocycles. The van der Waals surface area contributed by atoms with E-state index in [0.29, 0.717) is 17.9 Å². The number of amides is 1. The van der Waals surface area contributed by atoms with E-state index in [1.54, 1.807) is 7.05 Å². The average molecular weight is 183 g/mol. The van der Waals surface area contributed by atoms with Crippen LogP contribution in [0.2, 0.25) is 0 Å². The molecule has 1 amide bonds. The van der Waals surface area contributed by atoms with Crippen molar-refractivity contribution < 1.29 is 4.79 Å². The summed E-state index contributed by atoms with van der Waals surface area (Å²) in [4.78, 5) is 13.8. The van der Waals surface area contributed by atoms with Crippen LogP contribution in [0.1, 0.15) is 13.8 Å². The summed E-state index contributed by atoms with van der Waals surface area (Å²) in [5.74, 6) is 0.493. The van der Waals surface area contributed by atoms with Crippen LogP contribution >= 0.6 is 0 Å². The highest BCUT2D eigenvalue weighted by Gasteiger charge is 1.98. The average Bonchev–Trinajstić information content (AvgIpc) is 2.17. The first kappa shape index (κ1) is 14.0. The molecule has 0 unspecified atom stereocenters. The van der Waals surface area contributed by atoms with Crippen molar-refractivity contribution in [2.45, 2.75) is 13.8 Å². The SMILES string of the molecule is C=CNC(=NC)C(=C)NC=O.CC. The highest BCUT2D eigenvalue weighted by Crippen LogP contribution is 1.84. The lowest BCUT2D eigenvalue weighted by molar-refractivity contribution is -0.108. The van der Waals surface area contributed by atoms with Crippen LogP contribution in [0.25, 0.3) is 0 Å². The Hall–Kier alpha value is -1.58. The Morgan fingerprint density at radius 1 is 1.38 bits per heavy atom. The van der Waals surface area contributed by atoms with E-state index < -0.39 is 0 Å². The standard InChI is InChI=1S/C7H11N3O.C2H6/c1-4-9-7(8-3)6(2)10-5-11;1-2/h4-5H,1-2H2,3H3,(H,8,9)(H,10,11);1-2H3. The van der Waals surface area contributed by atoms with E-state index in [9.17, 15) is 4.79 Å². The van der Waals surface area contributed by atoms with Crippen LogP contribution in [0, 0.1) is 0 Å². The third-order valence-electron chi connectivity index (χ3n) is 0.981. The minimum atomic E-state index is 0.419. The summed E-state index contributed by atoms with van der Waals surface area (Å²) in [6.45, 7) is 11.0. The molecule has 0 aliphatic carbocycles. The number of rotatable bonds is 4. The summed E-state index contributed by atoms with van der Waals surface area (Å²) in [5.41, 5.74) is 0.419. The molecule has 0 aromatic carbocycles. The van der Waals surface area contributed by atoms with Gasteiger partial charge in [-0.2, -0.15) is 0 Å². The van der Waals surface area contributed by atoms with E-state index in [0.717, 1.165) is 0 Å². The van der Waals surface area contributed by atoms with Gasteiger partial charge in [-0.15, -0.1) is 0 Å². The fourth-order valence-corrected chi connectivity index (χ4v) is 0.523. The van der Waals surface area contributed by atoms with Gasteiger partial charge in [0.05, 0.1) is 5.70 Å². The zero-order valence-electron chi connectivity index (χ0n) is 8.42. The molecule has 0 bridgehead atoms. The molecule has 0 aliphatic heterocycles. The van der Waals surface area contributed by atoms with Gasteiger partial charge in [0.1, 0.15) is 5.84 Å². The number of carbonyl (C=O) groups is 1. The van der Waals surface area contributed by atoms with Crippen LogP contribution in [0.3, 0.4) is 0 Å². The second-order valence-electron chi connectivity index (χ2n) is 1.66. The molecule has 13 heavy (non-hydrogen) atoms. The number of nitrogens with zero attached hydrogens (tertiary/aromatic N) is 1. The molecule has 0 fully saturated rings. The number of hydrogen-bond acceptors (Lipinski definition) is 2. The van der Waals surface area contributed by atoms with Crippen LogP contribution in [0.4, 0.5) is 0 Å². The molecule has 0 aromatic rings. The van der Waals surface area contributed by atoms with Crippen molar-refractivity contribution in [1.29, 1.82) is 0 Å².